The number of benzene rings is 2. The Hall–Kier alpha value is -2.43. The molecule has 2 aromatic carbocycles. The van der Waals surface area contributed by atoms with Crippen LogP contribution in [0.1, 0.15) is 5.56 Å². The predicted octanol–water partition coefficient (Wildman–Crippen LogP) is 3.45. The van der Waals surface area contributed by atoms with Gasteiger partial charge in [-0.1, -0.05) is 18.2 Å². The summed E-state index contributed by atoms with van der Waals surface area (Å²) < 4.78 is 26.2. The average Bonchev–Trinajstić information content (AvgIpc) is 2.80. The number of aromatic nitrogens is 2. The van der Waals surface area contributed by atoms with Crippen molar-refractivity contribution in [2.75, 3.05) is 5.32 Å². The van der Waals surface area contributed by atoms with E-state index in [1.165, 1.54) is 12.1 Å². The maximum absolute atomic E-state index is 13.4. The van der Waals surface area contributed by atoms with E-state index in [1.54, 1.807) is 0 Å². The SMILES string of the molecule is Fc1ccc(CNc2nc3ccccc3[nH]2)c(F)c1. The van der Waals surface area contributed by atoms with E-state index in [1.807, 2.05) is 24.3 Å². The number of hydrogen-bond donors (Lipinski definition) is 2. The van der Waals surface area contributed by atoms with Gasteiger partial charge in [-0.05, 0) is 18.2 Å². The number of aromatic amines is 1. The van der Waals surface area contributed by atoms with Crippen molar-refractivity contribution in [3.63, 3.8) is 0 Å². The van der Waals surface area contributed by atoms with E-state index < -0.39 is 11.6 Å². The topological polar surface area (TPSA) is 40.7 Å². The van der Waals surface area contributed by atoms with Gasteiger partial charge in [0.25, 0.3) is 0 Å². The highest BCUT2D eigenvalue weighted by atomic mass is 19.1. The number of nitrogens with one attached hydrogen (secondary N) is 2. The van der Waals surface area contributed by atoms with Crippen molar-refractivity contribution in [3.8, 4) is 0 Å². The molecule has 0 spiro atoms. The van der Waals surface area contributed by atoms with Crippen molar-refractivity contribution < 1.29 is 8.78 Å². The monoisotopic (exact) mass is 259 g/mol. The summed E-state index contributed by atoms with van der Waals surface area (Å²) in [5.74, 6) is -0.585. The fourth-order valence-electron chi connectivity index (χ4n) is 1.88. The van der Waals surface area contributed by atoms with Gasteiger partial charge < -0.3 is 10.3 Å². The standard InChI is InChI=1S/C14H11F2N3/c15-10-6-5-9(11(16)7-10)8-17-14-18-12-3-1-2-4-13(12)19-14/h1-7H,8H2,(H2,17,18,19). The predicted molar refractivity (Wildman–Crippen MR) is 69.8 cm³/mol. The smallest absolute Gasteiger partial charge is 0.201 e. The van der Waals surface area contributed by atoms with Gasteiger partial charge in [0, 0.05) is 18.2 Å². The van der Waals surface area contributed by atoms with Crippen LogP contribution in [0, 0.1) is 11.6 Å². The molecule has 2 N–H and O–H groups in total. The van der Waals surface area contributed by atoms with Crippen LogP contribution in [-0.4, -0.2) is 9.97 Å². The fourth-order valence-corrected chi connectivity index (χ4v) is 1.88. The summed E-state index contributed by atoms with van der Waals surface area (Å²) in [6.07, 6.45) is 0. The highest BCUT2D eigenvalue weighted by Gasteiger charge is 2.05. The largest absolute Gasteiger partial charge is 0.352 e. The number of imidazole rings is 1. The van der Waals surface area contributed by atoms with Gasteiger partial charge in [0.15, 0.2) is 0 Å². The third kappa shape index (κ3) is 2.40. The summed E-state index contributed by atoms with van der Waals surface area (Å²) in [6, 6.07) is 11.1. The fraction of sp³-hybridized carbons (Fsp3) is 0.0714. The molecule has 0 saturated heterocycles. The quantitative estimate of drug-likeness (QED) is 0.756. The van der Waals surface area contributed by atoms with E-state index in [4.69, 9.17) is 0 Å². The van der Waals surface area contributed by atoms with Gasteiger partial charge in [-0.2, -0.15) is 0 Å². The van der Waals surface area contributed by atoms with Crippen molar-refractivity contribution in [1.82, 2.24) is 9.97 Å². The van der Waals surface area contributed by atoms with Crippen LogP contribution in [0.15, 0.2) is 42.5 Å². The van der Waals surface area contributed by atoms with Crippen LogP contribution in [0.25, 0.3) is 11.0 Å². The number of anilines is 1. The van der Waals surface area contributed by atoms with Crippen LogP contribution in [-0.2, 0) is 6.54 Å². The van der Waals surface area contributed by atoms with Crippen molar-refractivity contribution in [1.29, 1.82) is 0 Å². The highest BCUT2D eigenvalue weighted by Crippen LogP contribution is 2.15. The molecular weight excluding hydrogens is 248 g/mol. The zero-order valence-corrected chi connectivity index (χ0v) is 9.95. The Morgan fingerprint density at radius 1 is 1.11 bits per heavy atom. The number of halogens is 2. The summed E-state index contributed by atoms with van der Waals surface area (Å²) in [5, 5.41) is 2.98. The van der Waals surface area contributed by atoms with Gasteiger partial charge in [-0.15, -0.1) is 0 Å². The third-order valence-electron chi connectivity index (χ3n) is 2.85. The van der Waals surface area contributed by atoms with Gasteiger partial charge in [0.2, 0.25) is 5.95 Å². The molecule has 0 atom stereocenters. The van der Waals surface area contributed by atoms with Gasteiger partial charge in [0.1, 0.15) is 11.6 Å². The van der Waals surface area contributed by atoms with Crippen LogP contribution in [0.3, 0.4) is 0 Å². The molecule has 3 nitrogen and oxygen atoms in total. The first-order valence-electron chi connectivity index (χ1n) is 5.85. The molecule has 5 heteroatoms. The maximum atomic E-state index is 13.4. The first-order chi connectivity index (χ1) is 9.22. The highest BCUT2D eigenvalue weighted by molar-refractivity contribution is 5.77. The number of hydrogen-bond acceptors (Lipinski definition) is 2. The molecule has 3 aromatic rings. The first kappa shape index (κ1) is 11.6. The second-order valence-corrected chi connectivity index (χ2v) is 4.19. The Morgan fingerprint density at radius 2 is 1.95 bits per heavy atom. The molecule has 0 unspecified atom stereocenters. The summed E-state index contributed by atoms with van der Waals surface area (Å²) in [4.78, 5) is 7.39. The number of para-hydroxylation sites is 2. The summed E-state index contributed by atoms with van der Waals surface area (Å²) in [5.41, 5.74) is 2.14. The minimum absolute atomic E-state index is 0.242. The Bertz CT molecular complexity index is 689. The number of rotatable bonds is 3. The second-order valence-electron chi connectivity index (χ2n) is 4.19. The van der Waals surface area contributed by atoms with Crippen molar-refractivity contribution >= 4 is 17.0 Å². The van der Waals surface area contributed by atoms with Crippen LogP contribution >= 0.6 is 0 Å². The van der Waals surface area contributed by atoms with E-state index in [2.05, 4.69) is 15.3 Å². The van der Waals surface area contributed by atoms with E-state index in [9.17, 15) is 8.78 Å². The summed E-state index contributed by atoms with van der Waals surface area (Å²) in [6.45, 7) is 0.242. The Labute approximate surface area is 108 Å². The van der Waals surface area contributed by atoms with Gasteiger partial charge >= 0.3 is 0 Å². The summed E-state index contributed by atoms with van der Waals surface area (Å²) >= 11 is 0. The molecular formula is C14H11F2N3. The molecule has 96 valence electrons. The molecule has 0 radical (unpaired) electrons. The van der Waals surface area contributed by atoms with Crippen LogP contribution < -0.4 is 5.32 Å². The first-order valence-corrected chi connectivity index (χ1v) is 5.85. The number of fused-ring (bicyclic) bond motifs is 1. The zero-order valence-electron chi connectivity index (χ0n) is 9.95. The molecule has 0 saturated carbocycles. The van der Waals surface area contributed by atoms with Crippen molar-refractivity contribution in [3.05, 3.63) is 59.7 Å². The normalized spacial score (nSPS) is 10.8. The number of nitrogens with zero attached hydrogens (tertiary/aromatic N) is 1. The molecule has 0 aliphatic carbocycles. The molecule has 19 heavy (non-hydrogen) atoms. The lowest BCUT2D eigenvalue weighted by Crippen LogP contribution is -2.03. The number of H-pyrrole nitrogens is 1. The average molecular weight is 259 g/mol. The lowest BCUT2D eigenvalue weighted by molar-refractivity contribution is 0.574. The van der Waals surface area contributed by atoms with E-state index in [0.717, 1.165) is 17.1 Å². The van der Waals surface area contributed by atoms with Crippen molar-refractivity contribution in [2.24, 2.45) is 0 Å². The molecule has 0 bridgehead atoms. The van der Waals surface area contributed by atoms with Crippen molar-refractivity contribution in [2.45, 2.75) is 6.54 Å². The second kappa shape index (κ2) is 4.68. The van der Waals surface area contributed by atoms with E-state index >= 15 is 0 Å². The van der Waals surface area contributed by atoms with Crippen LogP contribution in [0.2, 0.25) is 0 Å². The van der Waals surface area contributed by atoms with Crippen LogP contribution in [0.4, 0.5) is 14.7 Å². The molecule has 0 amide bonds. The lowest BCUT2D eigenvalue weighted by Gasteiger charge is -2.04. The molecule has 0 aliphatic heterocycles. The van der Waals surface area contributed by atoms with Crippen LogP contribution in [0.5, 0.6) is 0 Å². The minimum atomic E-state index is -0.579. The van der Waals surface area contributed by atoms with E-state index in [0.29, 0.717) is 11.5 Å². The Balaban J connectivity index is 1.78. The Morgan fingerprint density at radius 3 is 2.74 bits per heavy atom. The molecule has 3 rings (SSSR count). The van der Waals surface area contributed by atoms with Gasteiger partial charge in [-0.25, -0.2) is 13.8 Å². The van der Waals surface area contributed by atoms with Gasteiger partial charge in [-0.3, -0.25) is 0 Å². The molecule has 1 heterocycles. The maximum Gasteiger partial charge on any atom is 0.201 e. The van der Waals surface area contributed by atoms with E-state index in [-0.39, 0.29) is 6.54 Å². The lowest BCUT2D eigenvalue weighted by atomic mass is 10.2. The molecule has 0 aliphatic rings. The molecule has 0 fully saturated rings. The third-order valence-corrected chi connectivity index (χ3v) is 2.85. The zero-order chi connectivity index (χ0) is 13.2. The van der Waals surface area contributed by atoms with Gasteiger partial charge in [0.05, 0.1) is 11.0 Å². The Kier molecular flexibility index (Phi) is 2.87. The minimum Gasteiger partial charge on any atom is -0.352 e. The molecule has 1 aromatic heterocycles. The summed E-state index contributed by atoms with van der Waals surface area (Å²) in [7, 11) is 0.